The lowest BCUT2D eigenvalue weighted by atomic mass is 10.1. The van der Waals surface area contributed by atoms with Gasteiger partial charge in [-0.2, -0.15) is 0 Å². The summed E-state index contributed by atoms with van der Waals surface area (Å²) in [5.74, 6) is 0. The van der Waals surface area contributed by atoms with E-state index in [9.17, 15) is 0 Å². The molecule has 0 aliphatic rings. The van der Waals surface area contributed by atoms with E-state index < -0.39 is 0 Å². The average molecular weight is 355 g/mol. The summed E-state index contributed by atoms with van der Waals surface area (Å²) in [5, 5.41) is 3.34. The molecular formula is C20H38N2OS. The highest BCUT2D eigenvalue weighted by atomic mass is 32.1. The van der Waals surface area contributed by atoms with Crippen LogP contribution >= 0.6 is 12.2 Å². The highest BCUT2D eigenvalue weighted by molar-refractivity contribution is 7.80. The molecule has 0 radical (unpaired) electrons. The first kappa shape index (κ1) is 23.1. The maximum atomic E-state index is 5.24. The van der Waals surface area contributed by atoms with E-state index in [-0.39, 0.29) is 0 Å². The number of unbranched alkanes of at least 4 members (excludes halogenated alkanes) is 9. The molecule has 3 nitrogen and oxygen atoms in total. The molecule has 24 heavy (non-hydrogen) atoms. The largest absolute Gasteiger partial charge is 0.364 e. The van der Waals surface area contributed by atoms with Gasteiger partial charge in [-0.25, -0.2) is 5.48 Å². The number of nitrogens with one attached hydrogen (secondary N) is 2. The van der Waals surface area contributed by atoms with Crippen LogP contribution in [0.5, 0.6) is 0 Å². The zero-order chi connectivity index (χ0) is 17.7. The van der Waals surface area contributed by atoms with Crippen molar-refractivity contribution in [3.05, 3.63) is 24.3 Å². The molecule has 140 valence electrons. The number of hydrogen-bond acceptors (Lipinski definition) is 2. The third-order valence-corrected chi connectivity index (χ3v) is 4.13. The number of hydrogen-bond donors (Lipinski definition) is 2. The van der Waals surface area contributed by atoms with Gasteiger partial charge in [0.15, 0.2) is 5.11 Å². The molecule has 0 unspecified atom stereocenters. The summed E-state index contributed by atoms with van der Waals surface area (Å²) in [4.78, 5) is 5.24. The van der Waals surface area contributed by atoms with Gasteiger partial charge in [-0.3, -0.25) is 4.84 Å². The fourth-order valence-corrected chi connectivity index (χ4v) is 2.39. The Labute approximate surface area is 155 Å². The summed E-state index contributed by atoms with van der Waals surface area (Å²) in [6.45, 7) is 2.97. The van der Waals surface area contributed by atoms with Crippen molar-refractivity contribution in [2.24, 2.45) is 0 Å². The summed E-state index contributed by atoms with van der Waals surface area (Å²) in [7, 11) is 1.78. The van der Waals surface area contributed by atoms with Crippen LogP contribution in [0.2, 0.25) is 0 Å². The Bertz CT molecular complexity index is 330. The minimum Gasteiger partial charge on any atom is -0.364 e. The van der Waals surface area contributed by atoms with Gasteiger partial charge in [0.1, 0.15) is 0 Å². The summed E-state index contributed by atoms with van der Waals surface area (Å²) >= 11 is 4.91. The molecule has 0 aromatic rings. The molecule has 0 bridgehead atoms. The molecular weight excluding hydrogens is 316 g/mol. The van der Waals surface area contributed by atoms with Crippen LogP contribution in [-0.4, -0.2) is 18.8 Å². The first-order chi connectivity index (χ1) is 11.8. The predicted molar refractivity (Wildman–Crippen MR) is 110 cm³/mol. The minimum absolute atomic E-state index is 0.537. The lowest BCUT2D eigenvalue weighted by Crippen LogP contribution is -2.32. The molecule has 0 aliphatic heterocycles. The van der Waals surface area contributed by atoms with Gasteiger partial charge in [0.2, 0.25) is 0 Å². The third-order valence-electron chi connectivity index (χ3n) is 3.84. The van der Waals surface area contributed by atoms with Gasteiger partial charge in [0, 0.05) is 7.05 Å². The van der Waals surface area contributed by atoms with Gasteiger partial charge in [0.05, 0.1) is 6.61 Å². The summed E-state index contributed by atoms with van der Waals surface area (Å²) in [5.41, 5.74) is 2.69. The molecule has 0 atom stereocenters. The highest BCUT2D eigenvalue weighted by Gasteiger charge is 1.93. The van der Waals surface area contributed by atoms with Gasteiger partial charge < -0.3 is 5.32 Å². The second-order valence-corrected chi connectivity index (χ2v) is 6.52. The second-order valence-electron chi connectivity index (χ2n) is 6.11. The van der Waals surface area contributed by atoms with Crippen LogP contribution in [0, 0.1) is 0 Å². The number of thiocarbonyl (C=S) groups is 1. The lowest BCUT2D eigenvalue weighted by molar-refractivity contribution is 0.0812. The maximum Gasteiger partial charge on any atom is 0.190 e. The van der Waals surface area contributed by atoms with Crippen LogP contribution in [0.25, 0.3) is 0 Å². The molecule has 0 fully saturated rings. The Balaban J connectivity index is 3.16. The van der Waals surface area contributed by atoms with E-state index in [1.54, 1.807) is 7.05 Å². The van der Waals surface area contributed by atoms with Crippen molar-refractivity contribution in [2.45, 2.75) is 84.0 Å². The SMILES string of the molecule is CCCCC/C=C\C/C=C\CCCCCCCCONC(=S)NC. The van der Waals surface area contributed by atoms with Crippen molar-refractivity contribution in [1.82, 2.24) is 10.8 Å². The Kier molecular flexibility index (Phi) is 19.4. The highest BCUT2D eigenvalue weighted by Crippen LogP contribution is 2.08. The first-order valence-corrected chi connectivity index (χ1v) is 10.1. The van der Waals surface area contributed by atoms with Crippen molar-refractivity contribution in [2.75, 3.05) is 13.7 Å². The normalized spacial score (nSPS) is 11.4. The lowest BCUT2D eigenvalue weighted by Gasteiger charge is -2.06. The van der Waals surface area contributed by atoms with Crippen LogP contribution in [0.3, 0.4) is 0 Å². The number of hydroxylamine groups is 1. The van der Waals surface area contributed by atoms with E-state index in [0.717, 1.165) is 19.4 Å². The van der Waals surface area contributed by atoms with Crippen molar-refractivity contribution in [3.8, 4) is 0 Å². The van der Waals surface area contributed by atoms with Crippen molar-refractivity contribution >= 4 is 17.3 Å². The molecule has 0 rings (SSSR count). The van der Waals surface area contributed by atoms with E-state index in [1.807, 2.05) is 0 Å². The average Bonchev–Trinajstić information content (AvgIpc) is 2.60. The van der Waals surface area contributed by atoms with Crippen LogP contribution in [0.4, 0.5) is 0 Å². The predicted octanol–water partition coefficient (Wildman–Crippen LogP) is 5.83. The standard InChI is InChI=1S/C20H38N2OS/c1-3-4-5-6-7-8-9-10-11-12-13-14-15-16-17-18-19-23-22-20(24)21-2/h7-8,10-11H,3-6,9,12-19H2,1-2H3,(H2,21,22,24)/b8-7-,11-10-. The Morgan fingerprint density at radius 1 is 0.833 bits per heavy atom. The second kappa shape index (κ2) is 20.2. The molecule has 2 N–H and O–H groups in total. The topological polar surface area (TPSA) is 33.3 Å². The number of allylic oxidation sites excluding steroid dienone is 4. The zero-order valence-electron chi connectivity index (χ0n) is 15.8. The van der Waals surface area contributed by atoms with Crippen molar-refractivity contribution in [3.63, 3.8) is 0 Å². The van der Waals surface area contributed by atoms with Crippen LogP contribution in [-0.2, 0) is 4.84 Å². The Hall–Kier alpha value is -0.870. The van der Waals surface area contributed by atoms with Crippen molar-refractivity contribution < 1.29 is 4.84 Å². The Morgan fingerprint density at radius 3 is 2.04 bits per heavy atom. The molecule has 0 aromatic carbocycles. The van der Waals surface area contributed by atoms with Crippen LogP contribution < -0.4 is 10.8 Å². The van der Waals surface area contributed by atoms with Crippen LogP contribution in [0.1, 0.15) is 84.0 Å². The molecule has 0 saturated heterocycles. The molecule has 0 spiro atoms. The molecule has 4 heteroatoms. The quantitative estimate of drug-likeness (QED) is 0.158. The fourth-order valence-electron chi connectivity index (χ4n) is 2.33. The van der Waals surface area contributed by atoms with E-state index in [1.165, 1.54) is 64.2 Å². The van der Waals surface area contributed by atoms with Crippen LogP contribution in [0.15, 0.2) is 24.3 Å². The monoisotopic (exact) mass is 354 g/mol. The molecule has 0 aromatic heterocycles. The summed E-state index contributed by atoms with van der Waals surface area (Å²) in [6.07, 6.45) is 24.4. The van der Waals surface area contributed by atoms with E-state index in [2.05, 4.69) is 42.0 Å². The third kappa shape index (κ3) is 19.2. The summed E-state index contributed by atoms with van der Waals surface area (Å²) in [6, 6.07) is 0. The summed E-state index contributed by atoms with van der Waals surface area (Å²) < 4.78 is 0. The molecule has 0 heterocycles. The van der Waals surface area contributed by atoms with Gasteiger partial charge in [-0.15, -0.1) is 0 Å². The van der Waals surface area contributed by atoms with Gasteiger partial charge >= 0.3 is 0 Å². The smallest absolute Gasteiger partial charge is 0.190 e. The molecule has 0 amide bonds. The fraction of sp³-hybridized carbons (Fsp3) is 0.750. The van der Waals surface area contributed by atoms with Gasteiger partial charge in [0.25, 0.3) is 0 Å². The Morgan fingerprint density at radius 2 is 1.42 bits per heavy atom. The molecule has 0 saturated carbocycles. The van der Waals surface area contributed by atoms with E-state index in [4.69, 9.17) is 17.1 Å². The zero-order valence-corrected chi connectivity index (χ0v) is 16.6. The van der Waals surface area contributed by atoms with Gasteiger partial charge in [-0.05, 0) is 50.7 Å². The van der Waals surface area contributed by atoms with Gasteiger partial charge in [-0.1, -0.05) is 69.8 Å². The van der Waals surface area contributed by atoms with Crippen molar-refractivity contribution in [1.29, 1.82) is 0 Å². The van der Waals surface area contributed by atoms with E-state index >= 15 is 0 Å². The maximum absolute atomic E-state index is 5.24. The first-order valence-electron chi connectivity index (χ1n) is 9.70. The minimum atomic E-state index is 0.537. The molecule has 0 aliphatic carbocycles. The van der Waals surface area contributed by atoms with E-state index in [0.29, 0.717) is 5.11 Å². The number of rotatable bonds is 16.